The fourth-order valence-corrected chi connectivity index (χ4v) is 3.77. The summed E-state index contributed by atoms with van der Waals surface area (Å²) in [4.78, 5) is 14.7. The summed E-state index contributed by atoms with van der Waals surface area (Å²) in [5, 5.41) is 6.54. The molecular weight excluding hydrogens is 286 g/mol. The van der Waals surface area contributed by atoms with E-state index >= 15 is 0 Å². The Bertz CT molecular complexity index is 531. The van der Waals surface area contributed by atoms with Crippen molar-refractivity contribution in [2.45, 2.75) is 45.2 Å². The number of carbonyl (C=O) groups is 1. The van der Waals surface area contributed by atoms with E-state index in [0.29, 0.717) is 6.04 Å². The Morgan fingerprint density at radius 1 is 1.35 bits per heavy atom. The van der Waals surface area contributed by atoms with Crippen LogP contribution in [0, 0.1) is 5.92 Å². The molecule has 2 aliphatic rings. The lowest BCUT2D eigenvalue weighted by Gasteiger charge is -2.29. The molecule has 4 nitrogen and oxygen atoms in total. The third kappa shape index (κ3) is 4.55. The molecule has 2 heterocycles. The molecule has 1 aromatic carbocycles. The second-order valence-electron chi connectivity index (χ2n) is 7.02. The average molecular weight is 315 g/mol. The highest BCUT2D eigenvalue weighted by molar-refractivity contribution is 5.78. The molecule has 2 atom stereocenters. The van der Waals surface area contributed by atoms with Gasteiger partial charge in [-0.15, -0.1) is 0 Å². The van der Waals surface area contributed by atoms with Crippen LogP contribution in [0.25, 0.3) is 0 Å². The standard InChI is InChI=1S/C19H29N3O/c1-15-13-17(7-10-20-15)19(23)21-9-4-11-22-12-8-16-5-2-3-6-18(16)14-22/h2-3,5-6,15,17,20H,4,7-14H2,1H3,(H,21,23)/t15-,17-/m0/s1. The molecule has 126 valence electrons. The van der Waals surface area contributed by atoms with Crippen molar-refractivity contribution < 1.29 is 4.79 Å². The first-order valence-electron chi connectivity index (χ1n) is 9.02. The second kappa shape index (κ2) is 7.93. The van der Waals surface area contributed by atoms with Gasteiger partial charge in [0.1, 0.15) is 0 Å². The predicted octanol–water partition coefficient (Wildman–Crippen LogP) is 1.94. The summed E-state index contributed by atoms with van der Waals surface area (Å²) in [5.74, 6) is 0.454. The van der Waals surface area contributed by atoms with Crippen LogP contribution in [0.1, 0.15) is 37.3 Å². The van der Waals surface area contributed by atoms with Gasteiger partial charge in [0.2, 0.25) is 5.91 Å². The molecule has 0 bridgehead atoms. The van der Waals surface area contributed by atoms with Crippen LogP contribution in [0.4, 0.5) is 0 Å². The van der Waals surface area contributed by atoms with Crippen LogP contribution in [0.3, 0.4) is 0 Å². The molecular formula is C19H29N3O. The third-order valence-electron chi connectivity index (χ3n) is 5.15. The molecule has 4 heteroatoms. The van der Waals surface area contributed by atoms with Gasteiger partial charge in [0.25, 0.3) is 0 Å². The average Bonchev–Trinajstić information content (AvgIpc) is 2.58. The molecule has 1 amide bonds. The van der Waals surface area contributed by atoms with Gasteiger partial charge >= 0.3 is 0 Å². The number of rotatable bonds is 5. The number of hydrogen-bond acceptors (Lipinski definition) is 3. The van der Waals surface area contributed by atoms with Crippen molar-refractivity contribution in [2.75, 3.05) is 26.2 Å². The first-order chi connectivity index (χ1) is 11.2. The second-order valence-corrected chi connectivity index (χ2v) is 7.02. The monoisotopic (exact) mass is 315 g/mol. The Morgan fingerprint density at radius 2 is 2.17 bits per heavy atom. The lowest BCUT2D eigenvalue weighted by molar-refractivity contribution is -0.126. The van der Waals surface area contributed by atoms with E-state index in [2.05, 4.69) is 46.7 Å². The van der Waals surface area contributed by atoms with Gasteiger partial charge in [0.15, 0.2) is 0 Å². The van der Waals surface area contributed by atoms with Gasteiger partial charge in [-0.3, -0.25) is 9.69 Å². The molecule has 3 rings (SSSR count). The Morgan fingerprint density at radius 3 is 3.00 bits per heavy atom. The molecule has 0 aliphatic carbocycles. The van der Waals surface area contributed by atoms with Crippen molar-refractivity contribution in [3.8, 4) is 0 Å². The van der Waals surface area contributed by atoms with Crippen molar-refractivity contribution >= 4 is 5.91 Å². The zero-order chi connectivity index (χ0) is 16.1. The van der Waals surface area contributed by atoms with Crippen molar-refractivity contribution in [1.29, 1.82) is 0 Å². The van der Waals surface area contributed by atoms with E-state index < -0.39 is 0 Å². The largest absolute Gasteiger partial charge is 0.356 e. The van der Waals surface area contributed by atoms with Crippen LogP contribution < -0.4 is 10.6 Å². The topological polar surface area (TPSA) is 44.4 Å². The van der Waals surface area contributed by atoms with E-state index in [1.165, 1.54) is 11.1 Å². The minimum absolute atomic E-state index is 0.202. The van der Waals surface area contributed by atoms with Crippen molar-refractivity contribution in [3.63, 3.8) is 0 Å². The summed E-state index contributed by atoms with van der Waals surface area (Å²) >= 11 is 0. The molecule has 2 aliphatic heterocycles. The van der Waals surface area contributed by atoms with Crippen molar-refractivity contribution in [2.24, 2.45) is 5.92 Å². The Balaban J connectivity index is 1.35. The lowest BCUT2D eigenvalue weighted by Crippen LogP contribution is -2.43. The molecule has 0 aromatic heterocycles. The van der Waals surface area contributed by atoms with Gasteiger partial charge in [-0.05, 0) is 50.3 Å². The summed E-state index contributed by atoms with van der Waals surface area (Å²) < 4.78 is 0. The maximum Gasteiger partial charge on any atom is 0.223 e. The van der Waals surface area contributed by atoms with Gasteiger partial charge in [0.05, 0.1) is 0 Å². The maximum atomic E-state index is 12.2. The number of nitrogens with zero attached hydrogens (tertiary/aromatic N) is 1. The normalized spacial score (nSPS) is 24.9. The molecule has 1 fully saturated rings. The highest BCUT2D eigenvalue weighted by Gasteiger charge is 2.24. The van der Waals surface area contributed by atoms with Crippen LogP contribution in [-0.4, -0.2) is 43.0 Å². The summed E-state index contributed by atoms with van der Waals surface area (Å²) in [5.41, 5.74) is 2.96. The van der Waals surface area contributed by atoms with E-state index in [1.807, 2.05) is 0 Å². The Kier molecular flexibility index (Phi) is 5.68. The van der Waals surface area contributed by atoms with E-state index in [9.17, 15) is 4.79 Å². The fraction of sp³-hybridized carbons (Fsp3) is 0.632. The van der Waals surface area contributed by atoms with Crippen molar-refractivity contribution in [1.82, 2.24) is 15.5 Å². The van der Waals surface area contributed by atoms with Crippen LogP contribution in [-0.2, 0) is 17.8 Å². The highest BCUT2D eigenvalue weighted by atomic mass is 16.1. The third-order valence-corrected chi connectivity index (χ3v) is 5.15. The number of carbonyl (C=O) groups excluding carboxylic acids is 1. The fourth-order valence-electron chi connectivity index (χ4n) is 3.77. The van der Waals surface area contributed by atoms with Gasteiger partial charge in [0, 0.05) is 38.1 Å². The first kappa shape index (κ1) is 16.5. The van der Waals surface area contributed by atoms with Gasteiger partial charge in [-0.1, -0.05) is 24.3 Å². The van der Waals surface area contributed by atoms with E-state index in [1.54, 1.807) is 0 Å². The Hall–Kier alpha value is -1.39. The van der Waals surface area contributed by atoms with E-state index in [-0.39, 0.29) is 11.8 Å². The van der Waals surface area contributed by atoms with Crippen LogP contribution in [0.5, 0.6) is 0 Å². The van der Waals surface area contributed by atoms with E-state index in [4.69, 9.17) is 0 Å². The summed E-state index contributed by atoms with van der Waals surface area (Å²) in [7, 11) is 0. The quantitative estimate of drug-likeness (QED) is 0.816. The number of fused-ring (bicyclic) bond motifs is 1. The smallest absolute Gasteiger partial charge is 0.223 e. The minimum atomic E-state index is 0.202. The van der Waals surface area contributed by atoms with Crippen LogP contribution in [0.15, 0.2) is 24.3 Å². The molecule has 1 aromatic rings. The first-order valence-corrected chi connectivity index (χ1v) is 9.02. The highest BCUT2D eigenvalue weighted by Crippen LogP contribution is 2.18. The molecule has 0 saturated carbocycles. The number of amides is 1. The van der Waals surface area contributed by atoms with Gasteiger partial charge in [-0.25, -0.2) is 0 Å². The summed E-state index contributed by atoms with van der Waals surface area (Å²) in [6.45, 7) is 7.18. The SMILES string of the molecule is C[C@H]1C[C@@H](C(=O)NCCCN2CCc3ccccc3C2)CCN1. The molecule has 1 saturated heterocycles. The van der Waals surface area contributed by atoms with Crippen molar-refractivity contribution in [3.05, 3.63) is 35.4 Å². The molecule has 0 spiro atoms. The number of piperidine rings is 1. The molecule has 0 unspecified atom stereocenters. The number of hydrogen-bond donors (Lipinski definition) is 2. The van der Waals surface area contributed by atoms with Gasteiger partial charge < -0.3 is 10.6 Å². The zero-order valence-corrected chi connectivity index (χ0v) is 14.2. The van der Waals surface area contributed by atoms with Gasteiger partial charge in [-0.2, -0.15) is 0 Å². The molecule has 0 radical (unpaired) electrons. The maximum absolute atomic E-state index is 12.2. The predicted molar refractivity (Wildman–Crippen MR) is 93.2 cm³/mol. The number of benzene rings is 1. The lowest BCUT2D eigenvalue weighted by atomic mass is 9.92. The molecule has 2 N–H and O–H groups in total. The van der Waals surface area contributed by atoms with E-state index in [0.717, 1.165) is 58.4 Å². The minimum Gasteiger partial charge on any atom is -0.356 e. The number of nitrogens with one attached hydrogen (secondary N) is 2. The summed E-state index contributed by atoms with van der Waals surface area (Å²) in [6.07, 6.45) is 4.12. The summed E-state index contributed by atoms with van der Waals surface area (Å²) in [6, 6.07) is 9.20. The van der Waals surface area contributed by atoms with Crippen LogP contribution >= 0.6 is 0 Å². The zero-order valence-electron chi connectivity index (χ0n) is 14.2. The van der Waals surface area contributed by atoms with Crippen LogP contribution in [0.2, 0.25) is 0 Å². The molecule has 23 heavy (non-hydrogen) atoms. The Labute approximate surface area is 139 Å².